The number of rotatable bonds is 28. The van der Waals surface area contributed by atoms with Gasteiger partial charge in [0.25, 0.3) is 0 Å². The van der Waals surface area contributed by atoms with Crippen LogP contribution in [0.1, 0.15) is 0 Å². The molecule has 8 aromatic heterocycles. The summed E-state index contributed by atoms with van der Waals surface area (Å²) in [6, 6.07) is 0. The van der Waals surface area contributed by atoms with Crippen molar-refractivity contribution in [1.29, 1.82) is 0 Å². The molecule has 88 heavy (non-hydrogen) atoms. The van der Waals surface area contributed by atoms with Crippen LogP contribution in [0.2, 0.25) is 61.3 Å². The fourth-order valence-corrected chi connectivity index (χ4v) is 9.74. The molecule has 0 aromatic carbocycles. The molecule has 8 heterocycles. The van der Waals surface area contributed by atoms with Gasteiger partial charge in [-0.25, -0.2) is 0 Å². The molecule has 0 aliphatic rings. The first kappa shape index (κ1) is 67.6. The molecule has 52 heteroatoms. The summed E-state index contributed by atoms with van der Waals surface area (Å²) >= 11 is 65.9. The fourth-order valence-electron chi connectivity index (χ4n) is 4.44. The smallest absolute Gasteiger partial charge is 0.229 e. The third kappa shape index (κ3) is 35.5. The van der Waals surface area contributed by atoms with E-state index >= 15 is 0 Å². The summed E-state index contributed by atoms with van der Waals surface area (Å²) in [6.45, 7) is 3.07. The second-order valence-corrected chi connectivity index (χ2v) is 22.9. The fraction of sp³-hybridized carbons (Fsp3) is 0.333. The zero-order valence-corrected chi connectivity index (χ0v) is 56.3. The molecule has 0 saturated carbocycles. The topological polar surface area (TPSA) is 580 Å². The zero-order valence-electron chi connectivity index (χ0n) is 49.7. The van der Waals surface area contributed by atoms with E-state index in [1.54, 1.807) is 0 Å². The van der Waals surface area contributed by atoms with Gasteiger partial charge in [-0.1, -0.05) is 58.8 Å². The maximum atomic E-state index is 7.19. The van der Waals surface area contributed by atoms with Crippen molar-refractivity contribution in [2.45, 2.75) is 25.8 Å². The van der Waals surface area contributed by atoms with Crippen molar-refractivity contribution in [2.24, 2.45) is 17.2 Å². The first-order valence-corrected chi connectivity index (χ1v) is 32.3. The molecule has 0 fully saturated rings. The van der Waals surface area contributed by atoms with E-state index in [4.69, 9.17) is 142 Å². The van der Waals surface area contributed by atoms with Crippen molar-refractivity contribution >= 4 is 241 Å². The SMILES string of the molecule is Clc1nc(Cl)nc(Cl)n1.NCCS.[2H]Nc1nc(Cl)nc(Cl)n1.[2H]Nc1nc(Cl)nc(SCCN)n1.[2H]Nc1nc(Cl)nc(SCCN)n1.[2H]Nc1nc(Cl)nc(SCCNc2nc(NCCSc3nc(Cl)nc(N[2H])n3)nc(NCCSc3nc(Cl)nc(N[2H])n3)n2)n1. The molecular formula is C36H46Cl10N36S6. The van der Waals surface area contributed by atoms with Crippen LogP contribution in [0.25, 0.3) is 0 Å². The van der Waals surface area contributed by atoms with Crippen molar-refractivity contribution in [3.05, 3.63) is 52.8 Å². The summed E-state index contributed by atoms with van der Waals surface area (Å²) in [7, 11) is 0. The van der Waals surface area contributed by atoms with Gasteiger partial charge in [-0.05, 0) is 116 Å². The van der Waals surface area contributed by atoms with Crippen molar-refractivity contribution in [3.63, 3.8) is 0 Å². The molecule has 8 aromatic rings. The minimum Gasteiger partial charge on any atom is -0.368 e. The van der Waals surface area contributed by atoms with Gasteiger partial charge in [0.2, 0.25) is 106 Å². The highest BCUT2D eigenvalue weighted by atomic mass is 35.5. The Labute approximate surface area is 584 Å². The number of hydrogen-bond donors (Lipinski definition) is 13. The van der Waals surface area contributed by atoms with Gasteiger partial charge < -0.3 is 67.5 Å². The number of halogens is 10. The van der Waals surface area contributed by atoms with Crippen LogP contribution in [0.5, 0.6) is 0 Å². The van der Waals surface area contributed by atoms with Gasteiger partial charge in [0.05, 0.1) is 0 Å². The minimum atomic E-state index is -0.0326. The van der Waals surface area contributed by atoms with Crippen LogP contribution in [0.3, 0.4) is 0 Å². The molecule has 476 valence electrons. The van der Waals surface area contributed by atoms with Crippen LogP contribution >= 0.6 is 187 Å². The Morgan fingerprint density at radius 3 is 0.682 bits per heavy atom. The Morgan fingerprint density at radius 2 is 0.477 bits per heavy atom. The molecule has 0 atom stereocenters. The normalized spacial score (nSPS) is 11.0. The van der Waals surface area contributed by atoms with Crippen molar-refractivity contribution in [3.8, 4) is 0 Å². The summed E-state index contributed by atoms with van der Waals surface area (Å²) in [5.41, 5.74) is 27.9. The Balaban J connectivity index is 0.000000374. The average molecular weight is 1540 g/mol. The lowest BCUT2D eigenvalue weighted by atomic mass is 10.6. The molecule has 0 bridgehead atoms. The summed E-state index contributed by atoms with van der Waals surface area (Å²) in [4.78, 5) is 92.7. The predicted octanol–water partition coefficient (Wildman–Crippen LogP) is 4.53. The first-order chi connectivity index (χ1) is 45.2. The molecule has 0 amide bonds. The molecule has 0 aliphatic heterocycles. The van der Waals surface area contributed by atoms with Gasteiger partial charge in [-0.15, -0.1) is 0 Å². The monoisotopic (exact) mass is 1530 g/mol. The number of thioether (sulfide) groups is 5. The summed E-state index contributed by atoms with van der Waals surface area (Å²) in [6.07, 6.45) is 0. The zero-order chi connectivity index (χ0) is 69.2. The van der Waals surface area contributed by atoms with Crippen LogP contribution in [0, 0.1) is 0 Å². The maximum Gasteiger partial charge on any atom is 0.229 e. The summed E-state index contributed by atoms with van der Waals surface area (Å²) in [5, 5.41) is 11.5. The molecule has 0 aliphatic carbocycles. The van der Waals surface area contributed by atoms with E-state index < -0.39 is 0 Å². The highest BCUT2D eigenvalue weighted by molar-refractivity contribution is 8.00. The van der Waals surface area contributed by atoms with Crippen LogP contribution in [-0.2, 0) is 0 Å². The van der Waals surface area contributed by atoms with E-state index in [0.29, 0.717) is 112 Å². The Hall–Kier alpha value is -4.84. The van der Waals surface area contributed by atoms with Gasteiger partial charge in [0.15, 0.2) is 34.3 Å². The Bertz CT molecular complexity index is 3210. The van der Waals surface area contributed by atoms with Gasteiger partial charge in [-0.2, -0.15) is 132 Å². The number of anilines is 9. The van der Waals surface area contributed by atoms with E-state index in [2.05, 4.69) is 165 Å². The Morgan fingerprint density at radius 1 is 0.284 bits per heavy atom. The number of hydrogen-bond acceptors (Lipinski definition) is 42. The lowest BCUT2D eigenvalue weighted by Gasteiger charge is -2.11. The lowest BCUT2D eigenvalue weighted by Crippen LogP contribution is -2.16. The van der Waals surface area contributed by atoms with Crippen LogP contribution in [0.4, 0.5) is 53.5 Å². The van der Waals surface area contributed by atoms with E-state index in [-0.39, 0.29) is 88.5 Å². The number of nitrogen functional groups attached to an aromatic ring is 6. The predicted molar refractivity (Wildman–Crippen MR) is 355 cm³/mol. The molecule has 0 spiro atoms. The highest BCUT2D eigenvalue weighted by Crippen LogP contribution is 2.21. The van der Waals surface area contributed by atoms with Gasteiger partial charge >= 0.3 is 0 Å². The van der Waals surface area contributed by atoms with Crippen molar-refractivity contribution in [1.82, 2.24) is 120 Å². The standard InChI is InChI=1S/C18H21Cl3N18S3.2C5H8ClN5S.C3Cl3N3.C3H2Cl2N4.C2H7NS/c19-7-28-10(22)34-16(31-7)40-4-1-25-13-37-14(26-2-5-41-17-32-8(20)29-11(23)35-17)39-15(38-13)27-3-6-42-18-33-9(21)30-12(24)36-18;2*6-3-9-4(8)11-5(10-3)12-2-1-7;2*4-1-7-2(5)9-3(6)8-1;3-1-2-4/h1-6H2,(H2,22,28,31,34)(H2,23,29,32,35)(H2,24,30,33,36)(H3,25,26,27,37,38,39);2*1-2,7H2,(H2,8,9,10,11);;(H2,6,7,8,9);4H,1-3H2/i/hD6. The molecule has 36 nitrogen and oxygen atoms in total. The second-order valence-electron chi connectivity index (χ2n) is 13.8. The van der Waals surface area contributed by atoms with Crippen molar-refractivity contribution in [2.75, 3.05) is 124 Å². The quantitative estimate of drug-likeness (QED) is 0.0182. The molecule has 8 rings (SSSR count). The number of nitrogens with zero attached hydrogens (tertiary/aromatic N) is 24. The largest absolute Gasteiger partial charge is 0.368 e. The van der Waals surface area contributed by atoms with E-state index in [1.807, 2.05) is 17.2 Å². The van der Waals surface area contributed by atoms with Gasteiger partial charge in [0, 0.05) is 73.8 Å². The number of nitrogens with two attached hydrogens (primary N) is 9. The van der Waals surface area contributed by atoms with Crippen LogP contribution < -0.4 is 67.5 Å². The molecule has 21 N–H and O–H groups in total. The van der Waals surface area contributed by atoms with Crippen LogP contribution in [0.15, 0.2) is 25.8 Å². The molecular weight excluding hydrogens is 1480 g/mol. The van der Waals surface area contributed by atoms with E-state index in [1.165, 1.54) is 58.8 Å². The lowest BCUT2D eigenvalue weighted by molar-refractivity contribution is 0.914. The van der Waals surface area contributed by atoms with Crippen molar-refractivity contribution < 1.29 is 8.47 Å². The van der Waals surface area contributed by atoms with E-state index in [9.17, 15) is 0 Å². The third-order valence-electron chi connectivity index (χ3n) is 7.38. The maximum absolute atomic E-state index is 7.19. The number of aromatic nitrogens is 24. The molecule has 0 unspecified atom stereocenters. The van der Waals surface area contributed by atoms with Crippen LogP contribution in [-0.4, -0.2) is 193 Å². The second kappa shape index (κ2) is 43.8. The number of thiol groups is 1. The minimum absolute atomic E-state index is 0.000000000000000444. The average Bonchev–Trinajstić information content (AvgIpc) is 1.87. The summed E-state index contributed by atoms with van der Waals surface area (Å²) in [5.74, 6) is 5.15. The first-order valence-electron chi connectivity index (χ1n) is 25.9. The van der Waals surface area contributed by atoms with E-state index in [0.717, 1.165) is 5.75 Å². The third-order valence-corrected chi connectivity index (χ3v) is 13.6. The molecule has 0 radical (unpaired) electrons. The summed E-state index contributed by atoms with van der Waals surface area (Å²) < 4.78 is 41.8. The Kier molecular flexibility index (Phi) is 33.6. The van der Waals surface area contributed by atoms with Gasteiger partial charge in [-0.3, -0.25) is 0 Å². The highest BCUT2D eigenvalue weighted by Gasteiger charge is 2.11. The number of nitrogens with one attached hydrogen (secondary N) is 3. The van der Waals surface area contributed by atoms with Gasteiger partial charge in [0.1, 0.15) is 0 Å². The molecule has 0 saturated heterocycles.